The fourth-order valence-corrected chi connectivity index (χ4v) is 9.06. The fraction of sp³-hybridized carbons (Fsp3) is 0.341. The van der Waals surface area contributed by atoms with Crippen molar-refractivity contribution in [3.05, 3.63) is 124 Å². The van der Waals surface area contributed by atoms with Crippen LogP contribution in [0.4, 0.5) is 11.5 Å². The molecule has 0 unspecified atom stereocenters. The molecule has 3 aromatic rings. The van der Waals surface area contributed by atoms with Crippen LogP contribution in [0.1, 0.15) is 80.4 Å². The third-order valence-electron chi connectivity index (χ3n) is 10.3. The van der Waals surface area contributed by atoms with Crippen LogP contribution in [0.5, 0.6) is 0 Å². The number of carboxylic acids is 1. The van der Waals surface area contributed by atoms with Crippen molar-refractivity contribution >= 4 is 70.7 Å². The predicted molar refractivity (Wildman–Crippen MR) is 222 cm³/mol. The number of carboxylic acid groups (broad SMARTS) is 1. The second-order valence-corrected chi connectivity index (χ2v) is 20.2. The molecule has 1 N–H and O–H groups in total. The molecular formula is C41H44ClN3Na2O11S3. The van der Waals surface area contributed by atoms with Gasteiger partial charge in [0.15, 0.2) is 5.71 Å². The zero-order chi connectivity index (χ0) is 43.6. The maximum atomic E-state index is 12.0. The summed E-state index contributed by atoms with van der Waals surface area (Å²) in [6.07, 6.45) is 13.5. The quantitative estimate of drug-likeness (QED) is 0.0627. The SMILES string of the molecule is CC1(C)C(/C=C/C=C(/C=C/C=C2\N(CCCCS(=O)(=O)[O-])c3ccc(S(=O)(=O)[O-])cc3C2(C)C)c2cccc(C(=O)O)c2)=Nc2c1cc(Cl)c[n+]2CCCCS(=O)(=O)[O-].[Na+].[Na+]. The smallest absolute Gasteiger partial charge is 0.748 e. The molecule has 0 saturated heterocycles. The third kappa shape index (κ3) is 13.5. The molecule has 1 aromatic heterocycles. The summed E-state index contributed by atoms with van der Waals surface area (Å²) in [6.45, 7) is 8.37. The topological polar surface area (TPSA) is 228 Å². The van der Waals surface area contributed by atoms with E-state index in [4.69, 9.17) is 16.6 Å². The summed E-state index contributed by atoms with van der Waals surface area (Å²) >= 11 is 6.49. The Kier molecular flexibility index (Phi) is 18.2. The van der Waals surface area contributed by atoms with Crippen LogP contribution >= 0.6 is 11.6 Å². The summed E-state index contributed by atoms with van der Waals surface area (Å²) in [6, 6.07) is 12.3. The van der Waals surface area contributed by atoms with Crippen molar-refractivity contribution in [2.45, 2.75) is 75.6 Å². The van der Waals surface area contributed by atoms with Crippen LogP contribution in [0.15, 0.2) is 107 Å². The van der Waals surface area contributed by atoms with Gasteiger partial charge in [0.25, 0.3) is 0 Å². The number of rotatable bonds is 17. The number of allylic oxidation sites excluding steroid dienone is 8. The van der Waals surface area contributed by atoms with Gasteiger partial charge in [0.1, 0.15) is 16.3 Å². The van der Waals surface area contributed by atoms with Gasteiger partial charge in [-0.3, -0.25) is 0 Å². The van der Waals surface area contributed by atoms with Crippen molar-refractivity contribution in [3.8, 4) is 0 Å². The Morgan fingerprint density at radius 2 is 1.48 bits per heavy atom. The van der Waals surface area contributed by atoms with E-state index in [-0.39, 0.29) is 84.1 Å². The Balaban J connectivity index is 0.00000496. The molecule has 0 radical (unpaired) electrons. The zero-order valence-corrected chi connectivity index (χ0v) is 42.0. The minimum Gasteiger partial charge on any atom is -0.748 e. The first-order chi connectivity index (χ1) is 27.4. The zero-order valence-electron chi connectivity index (χ0n) is 34.8. The van der Waals surface area contributed by atoms with Crippen molar-refractivity contribution in [1.82, 2.24) is 0 Å². The Morgan fingerprint density at radius 1 is 0.836 bits per heavy atom. The van der Waals surface area contributed by atoms with Gasteiger partial charge in [-0.2, -0.15) is 0 Å². The molecule has 0 spiro atoms. The standard InChI is InChI=1S/C41H46ClN3O11S3.2Na/c1-40(2)34-25-31(42)27-44(20-5-7-22-57(48,49)50)38(34)43-36(40)16-10-12-28(29-14-9-15-30(24-29)39(46)47)13-11-17-37-41(3,4)33-26-32(59(54,55)56)18-19-35(33)45(37)21-6-8-23-58(51,52)53;;/h9-19,24-27H,5-8,20-23H2,1-4H3,(H3-,46,47,48,49,50,51,52,53,54,55,56);;/q;2*+1/p-2. The molecule has 3 heterocycles. The van der Waals surface area contributed by atoms with Crippen LogP contribution in [-0.4, -0.2) is 73.7 Å². The number of fused-ring (bicyclic) bond motifs is 2. The Bertz CT molecular complexity index is 2660. The molecule has 2 aliphatic heterocycles. The molecule has 0 saturated carbocycles. The maximum absolute atomic E-state index is 12.0. The van der Waals surface area contributed by atoms with E-state index < -0.39 is 63.6 Å². The minimum atomic E-state index is -4.77. The van der Waals surface area contributed by atoms with Crippen molar-refractivity contribution in [2.75, 3.05) is 23.0 Å². The van der Waals surface area contributed by atoms with Gasteiger partial charge in [-0.15, -0.1) is 0 Å². The summed E-state index contributed by atoms with van der Waals surface area (Å²) in [4.78, 5) is 18.3. The number of nitrogens with zero attached hydrogens (tertiary/aromatic N) is 3. The first-order valence-corrected chi connectivity index (χ1v) is 23.5. The summed E-state index contributed by atoms with van der Waals surface area (Å²) in [7, 11) is -13.5. The monoisotopic (exact) mass is 931 g/mol. The van der Waals surface area contributed by atoms with Crippen molar-refractivity contribution in [3.63, 3.8) is 0 Å². The van der Waals surface area contributed by atoms with E-state index in [1.807, 2.05) is 55.4 Å². The molecule has 5 rings (SSSR count). The molecule has 0 fully saturated rings. The minimum absolute atomic E-state index is 0. The van der Waals surface area contributed by atoms with Crippen LogP contribution in [0.25, 0.3) is 5.57 Å². The second-order valence-electron chi connectivity index (χ2n) is 15.3. The summed E-state index contributed by atoms with van der Waals surface area (Å²) in [5.41, 5.74) is 3.28. The third-order valence-corrected chi connectivity index (χ3v) is 13.0. The first kappa shape index (κ1) is 52.9. The number of hydrogen-bond acceptors (Lipinski definition) is 12. The first-order valence-electron chi connectivity index (χ1n) is 18.6. The van der Waals surface area contributed by atoms with E-state index in [0.29, 0.717) is 64.0 Å². The number of aryl methyl sites for hydroxylation is 1. The Labute approximate surface area is 407 Å². The number of aromatic nitrogens is 1. The molecule has 0 bridgehead atoms. The molecule has 2 aromatic carbocycles. The number of aliphatic imine (C=N–C) groups is 1. The average Bonchev–Trinajstić information content (AvgIpc) is 3.50. The van der Waals surface area contributed by atoms with E-state index in [1.165, 1.54) is 30.3 Å². The molecular weight excluding hydrogens is 888 g/mol. The van der Waals surface area contributed by atoms with Crippen LogP contribution < -0.4 is 68.6 Å². The second kappa shape index (κ2) is 21.0. The number of unbranched alkanes of at least 4 members (excludes halogenated alkanes) is 2. The van der Waals surface area contributed by atoms with Crippen LogP contribution in [0.3, 0.4) is 0 Å². The molecule has 61 heavy (non-hydrogen) atoms. The number of benzene rings is 2. The molecule has 20 heteroatoms. The fourth-order valence-electron chi connectivity index (χ4n) is 7.22. The van der Waals surface area contributed by atoms with E-state index in [1.54, 1.807) is 42.6 Å². The summed E-state index contributed by atoms with van der Waals surface area (Å²) < 4.78 is 105. The summed E-state index contributed by atoms with van der Waals surface area (Å²) in [5.74, 6) is -1.47. The van der Waals surface area contributed by atoms with E-state index in [9.17, 15) is 48.8 Å². The Hall–Kier alpha value is -2.49. The largest absolute Gasteiger partial charge is 1.00 e. The predicted octanol–water partition coefficient (Wildman–Crippen LogP) is 0.130. The van der Waals surface area contributed by atoms with Gasteiger partial charge in [-0.25, -0.2) is 34.6 Å². The summed E-state index contributed by atoms with van der Waals surface area (Å²) in [5, 5.41) is 10.2. The number of pyridine rings is 1. The molecule has 14 nitrogen and oxygen atoms in total. The maximum Gasteiger partial charge on any atom is 1.00 e. The molecule has 2 aliphatic rings. The van der Waals surface area contributed by atoms with Gasteiger partial charge in [0.2, 0.25) is 0 Å². The van der Waals surface area contributed by atoms with Crippen LogP contribution in [0.2, 0.25) is 5.02 Å². The molecule has 0 aliphatic carbocycles. The van der Waals surface area contributed by atoms with Crippen molar-refractivity contribution in [1.29, 1.82) is 0 Å². The normalized spacial score (nSPS) is 16.7. The van der Waals surface area contributed by atoms with Gasteiger partial charge in [0.05, 0.1) is 53.2 Å². The molecule has 0 amide bonds. The number of aromatic carboxylic acids is 1. The number of anilines is 1. The van der Waals surface area contributed by atoms with Crippen molar-refractivity contribution in [2.24, 2.45) is 4.99 Å². The van der Waals surface area contributed by atoms with E-state index >= 15 is 0 Å². The molecule has 0 atom stereocenters. The average molecular weight is 932 g/mol. The van der Waals surface area contributed by atoms with Gasteiger partial charge in [-0.1, -0.05) is 61.9 Å². The molecule has 316 valence electrons. The van der Waals surface area contributed by atoms with Crippen LogP contribution in [-0.2, 0) is 47.7 Å². The van der Waals surface area contributed by atoms with Gasteiger partial charge < -0.3 is 23.7 Å². The number of carbonyl (C=O) groups is 1. The number of halogens is 1. The Morgan fingerprint density at radius 3 is 2.10 bits per heavy atom. The van der Waals surface area contributed by atoms with Gasteiger partial charge in [0, 0.05) is 34.8 Å². The number of hydrogen-bond donors (Lipinski definition) is 1. The van der Waals surface area contributed by atoms with E-state index in [0.717, 1.165) is 5.56 Å². The van der Waals surface area contributed by atoms with E-state index in [2.05, 4.69) is 0 Å². The van der Waals surface area contributed by atoms with Crippen molar-refractivity contribution < 1.29 is 112 Å². The van der Waals surface area contributed by atoms with Crippen LogP contribution in [0, 0.1) is 0 Å². The van der Waals surface area contributed by atoms with Gasteiger partial charge >= 0.3 is 70.9 Å². The van der Waals surface area contributed by atoms with Gasteiger partial charge in [-0.05, 0) is 110 Å².